The second-order valence-electron chi connectivity index (χ2n) is 2.66. The van der Waals surface area contributed by atoms with Gasteiger partial charge in [0, 0.05) is 12.5 Å². The Labute approximate surface area is 59.8 Å². The largest absolute Gasteiger partial charge is 0.303 e. The molecule has 1 aliphatic heterocycles. The van der Waals surface area contributed by atoms with Crippen LogP contribution in [-0.4, -0.2) is 35.6 Å². The summed E-state index contributed by atoms with van der Waals surface area (Å²) in [4.78, 5) is 12.7. The zero-order chi connectivity index (χ0) is 7.56. The van der Waals surface area contributed by atoms with Gasteiger partial charge in [-0.2, -0.15) is 0 Å². The summed E-state index contributed by atoms with van der Waals surface area (Å²) in [5.74, 6) is -0.295. The summed E-state index contributed by atoms with van der Waals surface area (Å²) in [6.07, 6.45) is 1.47. The maximum atomic E-state index is 10.6. The summed E-state index contributed by atoms with van der Waals surface area (Å²) < 4.78 is 0. The van der Waals surface area contributed by atoms with Crippen LogP contribution in [0, 0.1) is 0 Å². The van der Waals surface area contributed by atoms with Crippen molar-refractivity contribution in [1.29, 1.82) is 0 Å². The van der Waals surface area contributed by atoms with Crippen molar-refractivity contribution in [2.45, 2.75) is 18.9 Å². The Morgan fingerprint density at radius 1 is 1.90 bits per heavy atom. The van der Waals surface area contributed by atoms with Gasteiger partial charge in [-0.3, -0.25) is 10.0 Å². The third-order valence-electron chi connectivity index (χ3n) is 1.98. The SMILES string of the molecule is CN1CCC1CC(=O)NO. The maximum absolute atomic E-state index is 10.6. The number of hydrogen-bond donors (Lipinski definition) is 2. The molecule has 1 fully saturated rings. The van der Waals surface area contributed by atoms with Crippen LogP contribution < -0.4 is 5.48 Å². The molecular weight excluding hydrogens is 132 g/mol. The Morgan fingerprint density at radius 3 is 2.90 bits per heavy atom. The van der Waals surface area contributed by atoms with Gasteiger partial charge < -0.3 is 4.90 Å². The van der Waals surface area contributed by atoms with Crippen LogP contribution in [-0.2, 0) is 4.79 Å². The average molecular weight is 144 g/mol. The zero-order valence-electron chi connectivity index (χ0n) is 6.00. The topological polar surface area (TPSA) is 52.6 Å². The van der Waals surface area contributed by atoms with Crippen molar-refractivity contribution in [1.82, 2.24) is 10.4 Å². The zero-order valence-corrected chi connectivity index (χ0v) is 6.00. The molecule has 2 N–H and O–H groups in total. The number of likely N-dealkylation sites (tertiary alicyclic amines) is 1. The number of nitrogens with zero attached hydrogens (tertiary/aromatic N) is 1. The number of carbonyl (C=O) groups excluding carboxylic acids is 1. The molecule has 0 aromatic heterocycles. The fraction of sp³-hybridized carbons (Fsp3) is 0.833. The monoisotopic (exact) mass is 144 g/mol. The fourth-order valence-electron chi connectivity index (χ4n) is 1.09. The third-order valence-corrected chi connectivity index (χ3v) is 1.98. The number of amides is 1. The van der Waals surface area contributed by atoms with Crippen molar-refractivity contribution in [3.8, 4) is 0 Å². The highest BCUT2D eigenvalue weighted by Crippen LogP contribution is 2.16. The van der Waals surface area contributed by atoms with Crippen LogP contribution in [0.1, 0.15) is 12.8 Å². The summed E-state index contributed by atoms with van der Waals surface area (Å²) in [6.45, 7) is 1.06. The summed E-state index contributed by atoms with van der Waals surface area (Å²) in [6, 6.07) is 0.340. The first-order valence-corrected chi connectivity index (χ1v) is 3.37. The fourth-order valence-corrected chi connectivity index (χ4v) is 1.09. The lowest BCUT2D eigenvalue weighted by Gasteiger charge is -2.37. The lowest BCUT2D eigenvalue weighted by Crippen LogP contribution is -2.46. The van der Waals surface area contributed by atoms with E-state index in [-0.39, 0.29) is 5.91 Å². The highest BCUT2D eigenvalue weighted by atomic mass is 16.5. The van der Waals surface area contributed by atoms with Crippen molar-refractivity contribution < 1.29 is 10.0 Å². The van der Waals surface area contributed by atoms with Gasteiger partial charge in [0.1, 0.15) is 0 Å². The molecule has 4 heteroatoms. The van der Waals surface area contributed by atoms with Crippen molar-refractivity contribution in [3.05, 3.63) is 0 Å². The molecule has 0 radical (unpaired) electrons. The Balaban J connectivity index is 2.19. The van der Waals surface area contributed by atoms with Crippen molar-refractivity contribution >= 4 is 5.91 Å². The molecule has 1 heterocycles. The predicted molar refractivity (Wildman–Crippen MR) is 35.6 cm³/mol. The Morgan fingerprint density at radius 2 is 2.60 bits per heavy atom. The predicted octanol–water partition coefficient (Wildman–Crippen LogP) is -0.414. The van der Waals surface area contributed by atoms with Gasteiger partial charge in [0.2, 0.25) is 5.91 Å². The van der Waals surface area contributed by atoms with Gasteiger partial charge in [0.25, 0.3) is 0 Å². The summed E-state index contributed by atoms with van der Waals surface area (Å²) in [5, 5.41) is 8.17. The van der Waals surface area contributed by atoms with E-state index in [0.717, 1.165) is 13.0 Å². The standard InChI is InChI=1S/C6H12N2O2/c1-8-3-2-5(8)4-6(9)7-10/h5,10H,2-4H2,1H3,(H,7,9). The van der Waals surface area contributed by atoms with E-state index in [4.69, 9.17) is 5.21 Å². The average Bonchev–Trinajstić information content (AvgIpc) is 1.96. The number of rotatable bonds is 2. The molecule has 0 aliphatic carbocycles. The highest BCUT2D eigenvalue weighted by Gasteiger charge is 2.25. The quantitative estimate of drug-likeness (QED) is 0.409. The van der Waals surface area contributed by atoms with E-state index in [2.05, 4.69) is 4.90 Å². The molecule has 1 amide bonds. The van der Waals surface area contributed by atoms with Gasteiger partial charge in [-0.15, -0.1) is 0 Å². The lowest BCUT2D eigenvalue weighted by molar-refractivity contribution is -0.131. The van der Waals surface area contributed by atoms with Crippen LogP contribution in [0.3, 0.4) is 0 Å². The number of hydroxylamine groups is 1. The van der Waals surface area contributed by atoms with Crippen molar-refractivity contribution in [3.63, 3.8) is 0 Å². The second kappa shape index (κ2) is 2.98. The maximum Gasteiger partial charge on any atom is 0.244 e. The Bertz CT molecular complexity index is 138. The summed E-state index contributed by atoms with van der Waals surface area (Å²) >= 11 is 0. The lowest BCUT2D eigenvalue weighted by atomic mass is 10.0. The molecule has 10 heavy (non-hydrogen) atoms. The molecule has 4 nitrogen and oxygen atoms in total. The molecule has 1 saturated heterocycles. The third kappa shape index (κ3) is 1.46. The minimum absolute atomic E-state index is 0.295. The first kappa shape index (κ1) is 7.50. The molecule has 0 saturated carbocycles. The van der Waals surface area contributed by atoms with Crippen LogP contribution >= 0.6 is 0 Å². The van der Waals surface area contributed by atoms with Gasteiger partial charge in [0.05, 0.1) is 0 Å². The molecule has 58 valence electrons. The minimum atomic E-state index is -0.295. The first-order valence-electron chi connectivity index (χ1n) is 3.37. The minimum Gasteiger partial charge on any atom is -0.303 e. The molecule has 1 unspecified atom stereocenters. The Kier molecular flexibility index (Phi) is 2.24. The molecule has 0 bridgehead atoms. The van der Waals surface area contributed by atoms with E-state index < -0.39 is 0 Å². The number of carbonyl (C=O) groups is 1. The van der Waals surface area contributed by atoms with Gasteiger partial charge in [0.15, 0.2) is 0 Å². The van der Waals surface area contributed by atoms with E-state index in [1.807, 2.05) is 7.05 Å². The molecular formula is C6H12N2O2. The van der Waals surface area contributed by atoms with Crippen molar-refractivity contribution in [2.75, 3.05) is 13.6 Å². The van der Waals surface area contributed by atoms with Crippen LogP contribution in [0.4, 0.5) is 0 Å². The van der Waals surface area contributed by atoms with Crippen LogP contribution in [0.5, 0.6) is 0 Å². The summed E-state index contributed by atoms with van der Waals surface area (Å²) in [7, 11) is 1.97. The first-order chi connectivity index (χ1) is 4.74. The highest BCUT2D eigenvalue weighted by molar-refractivity contribution is 5.75. The Hall–Kier alpha value is -0.610. The van der Waals surface area contributed by atoms with Crippen LogP contribution in [0.2, 0.25) is 0 Å². The van der Waals surface area contributed by atoms with Crippen molar-refractivity contribution in [2.24, 2.45) is 0 Å². The van der Waals surface area contributed by atoms with Crippen LogP contribution in [0.25, 0.3) is 0 Å². The van der Waals surface area contributed by atoms with Gasteiger partial charge >= 0.3 is 0 Å². The second-order valence-corrected chi connectivity index (χ2v) is 2.66. The number of hydrogen-bond acceptors (Lipinski definition) is 3. The van der Waals surface area contributed by atoms with E-state index in [1.54, 1.807) is 5.48 Å². The van der Waals surface area contributed by atoms with E-state index >= 15 is 0 Å². The van der Waals surface area contributed by atoms with Crippen LogP contribution in [0.15, 0.2) is 0 Å². The molecule has 0 aromatic carbocycles. The molecule has 0 aromatic rings. The molecule has 1 atom stereocenters. The van der Waals surface area contributed by atoms with E-state index in [0.29, 0.717) is 12.5 Å². The van der Waals surface area contributed by atoms with Gasteiger partial charge in [-0.1, -0.05) is 0 Å². The molecule has 1 aliphatic rings. The van der Waals surface area contributed by atoms with E-state index in [1.165, 1.54) is 0 Å². The van der Waals surface area contributed by atoms with E-state index in [9.17, 15) is 4.79 Å². The summed E-state index contributed by atoms with van der Waals surface area (Å²) in [5.41, 5.74) is 1.62. The smallest absolute Gasteiger partial charge is 0.244 e. The number of nitrogens with one attached hydrogen (secondary N) is 1. The van der Waals surface area contributed by atoms with Gasteiger partial charge in [-0.05, 0) is 20.0 Å². The molecule has 1 rings (SSSR count). The normalized spacial score (nSPS) is 25.6. The molecule has 0 spiro atoms. The van der Waals surface area contributed by atoms with Gasteiger partial charge in [-0.25, -0.2) is 5.48 Å².